The van der Waals surface area contributed by atoms with Crippen LogP contribution in [0.25, 0.3) is 5.57 Å². The van der Waals surface area contributed by atoms with E-state index in [4.69, 9.17) is 0 Å². The van der Waals surface area contributed by atoms with Crippen molar-refractivity contribution in [3.63, 3.8) is 0 Å². The molecule has 2 aromatic rings. The summed E-state index contributed by atoms with van der Waals surface area (Å²) in [6, 6.07) is 11.1. The smallest absolute Gasteiger partial charge is 0.254 e. The van der Waals surface area contributed by atoms with Gasteiger partial charge in [0.1, 0.15) is 0 Å². The average Bonchev–Trinajstić information content (AvgIpc) is 3.46. The molecule has 1 aliphatic heterocycles. The Labute approximate surface area is 159 Å². The van der Waals surface area contributed by atoms with Crippen molar-refractivity contribution >= 4 is 23.1 Å². The molecule has 5 heteroatoms. The first-order chi connectivity index (χ1) is 13.1. The molecule has 1 saturated carbocycles. The maximum absolute atomic E-state index is 12.9. The van der Waals surface area contributed by atoms with E-state index in [0.29, 0.717) is 24.6 Å². The number of amides is 2. The molecule has 138 valence electrons. The number of carbonyl (C=O) groups excluding carboxylic acids is 2. The predicted molar refractivity (Wildman–Crippen MR) is 105 cm³/mol. The van der Waals surface area contributed by atoms with Gasteiger partial charge in [-0.25, -0.2) is 0 Å². The Morgan fingerprint density at radius 1 is 1.19 bits per heavy atom. The van der Waals surface area contributed by atoms with Gasteiger partial charge in [0, 0.05) is 42.7 Å². The van der Waals surface area contributed by atoms with Gasteiger partial charge in [0.25, 0.3) is 5.91 Å². The van der Waals surface area contributed by atoms with Crippen molar-refractivity contribution < 1.29 is 9.59 Å². The Balaban J connectivity index is 1.40. The van der Waals surface area contributed by atoms with Crippen LogP contribution in [0, 0.1) is 11.8 Å². The number of nitrogens with one attached hydrogen (secondary N) is 1. The first-order valence-corrected chi connectivity index (χ1v) is 9.41. The number of rotatable bonds is 4. The summed E-state index contributed by atoms with van der Waals surface area (Å²) in [4.78, 5) is 30.9. The molecule has 2 amide bonds. The summed E-state index contributed by atoms with van der Waals surface area (Å²) < 4.78 is 0. The molecule has 27 heavy (non-hydrogen) atoms. The van der Waals surface area contributed by atoms with Crippen LogP contribution in [0.5, 0.6) is 0 Å². The van der Waals surface area contributed by atoms with E-state index in [1.165, 1.54) is 0 Å². The number of nitrogens with zero attached hydrogens (tertiary/aromatic N) is 2. The van der Waals surface area contributed by atoms with E-state index in [1.54, 1.807) is 30.5 Å². The molecule has 1 aromatic carbocycles. The molecule has 1 N–H and O–H groups in total. The Morgan fingerprint density at radius 2 is 1.96 bits per heavy atom. The molecule has 2 heterocycles. The second kappa shape index (κ2) is 7.35. The lowest BCUT2D eigenvalue weighted by Gasteiger charge is -2.27. The SMILES string of the molecule is C[C@H]1C[C@@H]1C(=O)Nc1ccc(C(=O)N2CCC=C(c3cccnc3)C2)cc1. The molecular formula is C22H23N3O2. The van der Waals surface area contributed by atoms with Crippen LogP contribution in [-0.2, 0) is 4.79 Å². The summed E-state index contributed by atoms with van der Waals surface area (Å²) >= 11 is 0. The van der Waals surface area contributed by atoms with Crippen molar-refractivity contribution in [1.29, 1.82) is 0 Å². The first-order valence-electron chi connectivity index (χ1n) is 9.41. The second-order valence-corrected chi connectivity index (χ2v) is 7.37. The van der Waals surface area contributed by atoms with Crippen LogP contribution in [0.1, 0.15) is 35.7 Å². The van der Waals surface area contributed by atoms with Gasteiger partial charge in [-0.05, 0) is 60.2 Å². The van der Waals surface area contributed by atoms with Crippen LogP contribution in [0.2, 0.25) is 0 Å². The van der Waals surface area contributed by atoms with Gasteiger partial charge in [-0.15, -0.1) is 0 Å². The fraction of sp³-hybridized carbons (Fsp3) is 0.318. The zero-order chi connectivity index (χ0) is 18.8. The van der Waals surface area contributed by atoms with Crippen molar-refractivity contribution in [1.82, 2.24) is 9.88 Å². The first kappa shape index (κ1) is 17.5. The number of anilines is 1. The highest BCUT2D eigenvalue weighted by Gasteiger charge is 2.39. The number of aromatic nitrogens is 1. The monoisotopic (exact) mass is 361 g/mol. The van der Waals surface area contributed by atoms with Gasteiger partial charge < -0.3 is 10.2 Å². The van der Waals surface area contributed by atoms with Crippen molar-refractivity contribution in [2.75, 3.05) is 18.4 Å². The molecule has 5 nitrogen and oxygen atoms in total. The average molecular weight is 361 g/mol. The van der Waals surface area contributed by atoms with E-state index in [0.717, 1.165) is 29.7 Å². The molecule has 1 fully saturated rings. The van der Waals surface area contributed by atoms with Gasteiger partial charge >= 0.3 is 0 Å². The van der Waals surface area contributed by atoms with E-state index in [9.17, 15) is 9.59 Å². The summed E-state index contributed by atoms with van der Waals surface area (Å²) in [5, 5.41) is 2.93. The third-order valence-electron chi connectivity index (χ3n) is 5.32. The summed E-state index contributed by atoms with van der Waals surface area (Å²) in [7, 11) is 0. The molecule has 4 rings (SSSR count). The predicted octanol–water partition coefficient (Wildman–Crippen LogP) is 3.61. The minimum absolute atomic E-state index is 0.0122. The van der Waals surface area contributed by atoms with E-state index in [2.05, 4.69) is 23.3 Å². The lowest BCUT2D eigenvalue weighted by atomic mass is 10.0. The molecule has 1 aromatic heterocycles. The Morgan fingerprint density at radius 3 is 2.63 bits per heavy atom. The highest BCUT2D eigenvalue weighted by Crippen LogP contribution is 2.38. The number of pyridine rings is 1. The highest BCUT2D eigenvalue weighted by atomic mass is 16.2. The highest BCUT2D eigenvalue weighted by molar-refractivity contribution is 5.97. The van der Waals surface area contributed by atoms with Gasteiger partial charge in [-0.2, -0.15) is 0 Å². The molecule has 0 spiro atoms. The van der Waals surface area contributed by atoms with Gasteiger partial charge in [0.15, 0.2) is 0 Å². The van der Waals surface area contributed by atoms with Crippen molar-refractivity contribution in [2.24, 2.45) is 11.8 Å². The minimum atomic E-state index is 0.0122. The van der Waals surface area contributed by atoms with Crippen molar-refractivity contribution in [2.45, 2.75) is 19.8 Å². The van der Waals surface area contributed by atoms with Crippen LogP contribution in [-0.4, -0.2) is 34.8 Å². The molecule has 1 aliphatic carbocycles. The van der Waals surface area contributed by atoms with Crippen molar-refractivity contribution in [3.05, 3.63) is 66.0 Å². The summed E-state index contributed by atoms with van der Waals surface area (Å²) in [6.45, 7) is 3.38. The number of benzene rings is 1. The Bertz CT molecular complexity index is 874. The van der Waals surface area contributed by atoms with Gasteiger partial charge in [-0.3, -0.25) is 14.6 Å². The Hall–Kier alpha value is -2.95. The molecular weight excluding hydrogens is 338 g/mol. The number of carbonyl (C=O) groups is 2. The van der Waals surface area contributed by atoms with Gasteiger partial charge in [-0.1, -0.05) is 19.1 Å². The van der Waals surface area contributed by atoms with Gasteiger partial charge in [0.2, 0.25) is 5.91 Å². The lowest BCUT2D eigenvalue weighted by Crippen LogP contribution is -2.35. The fourth-order valence-corrected chi connectivity index (χ4v) is 3.48. The molecule has 2 aliphatic rings. The molecule has 0 radical (unpaired) electrons. The van der Waals surface area contributed by atoms with E-state index >= 15 is 0 Å². The quantitative estimate of drug-likeness (QED) is 0.905. The molecule has 0 unspecified atom stereocenters. The zero-order valence-electron chi connectivity index (χ0n) is 15.4. The molecule has 2 atom stereocenters. The summed E-state index contributed by atoms with van der Waals surface area (Å²) in [5.74, 6) is 0.700. The summed E-state index contributed by atoms with van der Waals surface area (Å²) in [5.41, 5.74) is 3.57. The largest absolute Gasteiger partial charge is 0.334 e. The number of hydrogen-bond acceptors (Lipinski definition) is 3. The van der Waals surface area contributed by atoms with Crippen molar-refractivity contribution in [3.8, 4) is 0 Å². The van der Waals surface area contributed by atoms with E-state index in [1.807, 2.05) is 23.2 Å². The number of hydrogen-bond donors (Lipinski definition) is 1. The molecule has 0 saturated heterocycles. The third kappa shape index (κ3) is 3.92. The second-order valence-electron chi connectivity index (χ2n) is 7.37. The Kier molecular flexibility index (Phi) is 4.75. The molecule has 0 bridgehead atoms. The topological polar surface area (TPSA) is 62.3 Å². The maximum Gasteiger partial charge on any atom is 0.254 e. The standard InChI is InChI=1S/C22H23N3O2/c1-15-12-20(15)21(26)24-19-8-6-16(7-9-19)22(27)25-11-3-5-18(14-25)17-4-2-10-23-13-17/h2,4-10,13,15,20H,3,11-12,14H2,1H3,(H,24,26)/t15-,20-/m0/s1. The lowest BCUT2D eigenvalue weighted by molar-refractivity contribution is -0.117. The van der Waals surface area contributed by atoms with Gasteiger partial charge in [0.05, 0.1) is 0 Å². The van der Waals surface area contributed by atoms with E-state index in [-0.39, 0.29) is 17.7 Å². The minimum Gasteiger partial charge on any atom is -0.334 e. The fourth-order valence-electron chi connectivity index (χ4n) is 3.48. The summed E-state index contributed by atoms with van der Waals surface area (Å²) in [6.07, 6.45) is 7.56. The zero-order valence-corrected chi connectivity index (χ0v) is 15.4. The van der Waals surface area contributed by atoms with Crippen LogP contribution in [0.4, 0.5) is 5.69 Å². The van der Waals surface area contributed by atoms with E-state index < -0.39 is 0 Å². The van der Waals surface area contributed by atoms with Crippen LogP contribution in [0.15, 0.2) is 54.9 Å². The third-order valence-corrected chi connectivity index (χ3v) is 5.32. The normalized spacial score (nSPS) is 21.4. The van der Waals surface area contributed by atoms with Crippen LogP contribution >= 0.6 is 0 Å². The maximum atomic E-state index is 12.9. The van der Waals surface area contributed by atoms with Crippen LogP contribution in [0.3, 0.4) is 0 Å². The van der Waals surface area contributed by atoms with Crippen LogP contribution < -0.4 is 5.32 Å².